The number of para-hydroxylation sites is 2. The van der Waals surface area contributed by atoms with Crippen LogP contribution >= 0.6 is 0 Å². The molecule has 0 fully saturated rings. The predicted molar refractivity (Wildman–Crippen MR) is 50.5 cm³/mol. The van der Waals surface area contributed by atoms with Crippen molar-refractivity contribution >= 4 is 11.5 Å². The molecular formula is C8H9N3O3. The highest BCUT2D eigenvalue weighted by atomic mass is 16.6. The van der Waals surface area contributed by atoms with Gasteiger partial charge in [-0.2, -0.15) is 0 Å². The van der Waals surface area contributed by atoms with Crippen LogP contribution < -0.4 is 10.5 Å². The number of ether oxygens (including phenoxy) is 1. The third-order valence-corrected chi connectivity index (χ3v) is 1.45. The van der Waals surface area contributed by atoms with Crippen molar-refractivity contribution in [3.8, 4) is 5.75 Å². The Labute approximate surface area is 80.0 Å². The molecule has 3 N–H and O–H groups in total. The van der Waals surface area contributed by atoms with Crippen LogP contribution in [0.15, 0.2) is 24.3 Å². The standard InChI is InChI=1S/C8H9N3O3/c9-8(10)5-14-7-4-2-1-3-6(7)11(12)13/h1-4H,5H2,(H3,9,10). The van der Waals surface area contributed by atoms with E-state index in [9.17, 15) is 10.1 Å². The zero-order valence-electron chi connectivity index (χ0n) is 7.27. The minimum atomic E-state index is -0.546. The minimum Gasteiger partial charge on any atom is -0.479 e. The largest absolute Gasteiger partial charge is 0.479 e. The van der Waals surface area contributed by atoms with Gasteiger partial charge in [-0.05, 0) is 6.07 Å². The van der Waals surface area contributed by atoms with Crippen LogP contribution in [0.4, 0.5) is 5.69 Å². The fraction of sp³-hybridized carbons (Fsp3) is 0.125. The number of hydrogen-bond acceptors (Lipinski definition) is 4. The van der Waals surface area contributed by atoms with E-state index in [1.165, 1.54) is 12.1 Å². The molecule has 0 aliphatic rings. The first-order valence-corrected chi connectivity index (χ1v) is 3.80. The van der Waals surface area contributed by atoms with Gasteiger partial charge in [0.2, 0.25) is 0 Å². The number of benzene rings is 1. The van der Waals surface area contributed by atoms with Crippen LogP contribution in [-0.2, 0) is 0 Å². The number of nitrogens with zero attached hydrogens (tertiary/aromatic N) is 1. The molecule has 14 heavy (non-hydrogen) atoms. The van der Waals surface area contributed by atoms with E-state index in [1.807, 2.05) is 0 Å². The van der Waals surface area contributed by atoms with Gasteiger partial charge in [0, 0.05) is 6.07 Å². The molecule has 0 saturated heterocycles. The molecule has 0 radical (unpaired) electrons. The maximum absolute atomic E-state index is 10.5. The maximum Gasteiger partial charge on any atom is 0.310 e. The van der Waals surface area contributed by atoms with Crippen LogP contribution in [0.5, 0.6) is 5.75 Å². The molecule has 0 amide bonds. The van der Waals surface area contributed by atoms with Gasteiger partial charge in [-0.15, -0.1) is 0 Å². The Hall–Kier alpha value is -2.11. The number of hydrogen-bond donors (Lipinski definition) is 2. The molecule has 1 rings (SSSR count). The quantitative estimate of drug-likeness (QED) is 0.322. The van der Waals surface area contributed by atoms with Crippen molar-refractivity contribution in [1.82, 2.24) is 0 Å². The normalized spacial score (nSPS) is 9.43. The number of amidine groups is 1. The van der Waals surface area contributed by atoms with Gasteiger partial charge in [-0.1, -0.05) is 12.1 Å². The van der Waals surface area contributed by atoms with E-state index in [1.54, 1.807) is 12.1 Å². The zero-order valence-corrected chi connectivity index (χ0v) is 7.27. The van der Waals surface area contributed by atoms with Gasteiger partial charge >= 0.3 is 5.69 Å². The topological polar surface area (TPSA) is 102 Å². The van der Waals surface area contributed by atoms with Crippen molar-refractivity contribution in [2.75, 3.05) is 6.61 Å². The monoisotopic (exact) mass is 195 g/mol. The summed E-state index contributed by atoms with van der Waals surface area (Å²) in [4.78, 5) is 9.96. The number of nitrogens with two attached hydrogens (primary N) is 1. The zero-order chi connectivity index (χ0) is 10.6. The van der Waals surface area contributed by atoms with Gasteiger partial charge in [-0.25, -0.2) is 0 Å². The molecule has 1 aromatic carbocycles. The highest BCUT2D eigenvalue weighted by molar-refractivity contribution is 5.78. The second-order valence-corrected chi connectivity index (χ2v) is 2.54. The lowest BCUT2D eigenvalue weighted by molar-refractivity contribution is -0.385. The van der Waals surface area contributed by atoms with Crippen molar-refractivity contribution in [2.24, 2.45) is 5.73 Å². The molecule has 6 heteroatoms. The van der Waals surface area contributed by atoms with E-state index in [0.717, 1.165) is 0 Å². The Kier molecular flexibility index (Phi) is 3.01. The van der Waals surface area contributed by atoms with Gasteiger partial charge in [0.1, 0.15) is 12.4 Å². The molecule has 0 atom stereocenters. The molecule has 0 aliphatic heterocycles. The van der Waals surface area contributed by atoms with E-state index in [0.29, 0.717) is 0 Å². The van der Waals surface area contributed by atoms with E-state index >= 15 is 0 Å². The third-order valence-electron chi connectivity index (χ3n) is 1.45. The summed E-state index contributed by atoms with van der Waals surface area (Å²) in [7, 11) is 0. The summed E-state index contributed by atoms with van der Waals surface area (Å²) in [5.41, 5.74) is 4.92. The molecular weight excluding hydrogens is 186 g/mol. The molecule has 0 saturated carbocycles. The summed E-state index contributed by atoms with van der Waals surface area (Å²) < 4.78 is 4.97. The first kappa shape index (κ1) is 9.97. The van der Waals surface area contributed by atoms with Crippen molar-refractivity contribution < 1.29 is 9.66 Å². The van der Waals surface area contributed by atoms with E-state index in [2.05, 4.69) is 0 Å². The van der Waals surface area contributed by atoms with Crippen LogP contribution in [0, 0.1) is 15.5 Å². The average molecular weight is 195 g/mol. The summed E-state index contributed by atoms with van der Waals surface area (Å²) in [5.74, 6) is -0.0594. The third kappa shape index (κ3) is 2.44. The molecule has 0 unspecified atom stereocenters. The molecule has 74 valence electrons. The van der Waals surface area contributed by atoms with E-state index in [4.69, 9.17) is 15.9 Å². The highest BCUT2D eigenvalue weighted by Gasteiger charge is 2.13. The fourth-order valence-corrected chi connectivity index (χ4v) is 0.886. The van der Waals surface area contributed by atoms with Crippen molar-refractivity contribution in [3.63, 3.8) is 0 Å². The van der Waals surface area contributed by atoms with Gasteiger partial charge < -0.3 is 10.5 Å². The molecule has 0 aromatic heterocycles. The first-order valence-electron chi connectivity index (χ1n) is 3.80. The molecule has 6 nitrogen and oxygen atoms in total. The summed E-state index contributed by atoms with van der Waals surface area (Å²) in [6.07, 6.45) is 0. The number of rotatable bonds is 4. The Balaban J connectivity index is 2.84. The lowest BCUT2D eigenvalue weighted by atomic mass is 10.3. The lowest BCUT2D eigenvalue weighted by Gasteiger charge is -2.04. The second-order valence-electron chi connectivity index (χ2n) is 2.54. The number of nitro benzene ring substituents is 1. The molecule has 0 aliphatic carbocycles. The van der Waals surface area contributed by atoms with Gasteiger partial charge in [0.15, 0.2) is 5.75 Å². The van der Waals surface area contributed by atoms with Gasteiger partial charge in [0.25, 0.3) is 0 Å². The highest BCUT2D eigenvalue weighted by Crippen LogP contribution is 2.25. The molecule has 0 spiro atoms. The maximum atomic E-state index is 10.5. The predicted octanol–water partition coefficient (Wildman–Crippen LogP) is 0.910. The van der Waals surface area contributed by atoms with Gasteiger partial charge in [0.05, 0.1) is 4.92 Å². The van der Waals surface area contributed by atoms with E-state index < -0.39 is 4.92 Å². The van der Waals surface area contributed by atoms with Crippen molar-refractivity contribution in [2.45, 2.75) is 0 Å². The SMILES string of the molecule is N=C(N)COc1ccccc1[N+](=O)[O-]. The smallest absolute Gasteiger partial charge is 0.310 e. The summed E-state index contributed by atoms with van der Waals surface area (Å²) in [6, 6.07) is 5.94. The van der Waals surface area contributed by atoms with E-state index in [-0.39, 0.29) is 23.9 Å². The molecule has 0 heterocycles. The van der Waals surface area contributed by atoms with Crippen molar-refractivity contribution in [3.05, 3.63) is 34.4 Å². The van der Waals surface area contributed by atoms with Crippen LogP contribution in [0.1, 0.15) is 0 Å². The lowest BCUT2D eigenvalue weighted by Crippen LogP contribution is -2.19. The van der Waals surface area contributed by atoms with Crippen LogP contribution in [0.3, 0.4) is 0 Å². The van der Waals surface area contributed by atoms with Crippen LogP contribution in [0.2, 0.25) is 0 Å². The Morgan fingerprint density at radius 3 is 2.79 bits per heavy atom. The summed E-state index contributed by atoms with van der Waals surface area (Å²) >= 11 is 0. The first-order chi connectivity index (χ1) is 6.61. The fourth-order valence-electron chi connectivity index (χ4n) is 0.886. The number of nitro groups is 1. The minimum absolute atomic E-state index is 0.118. The average Bonchev–Trinajstić information content (AvgIpc) is 2.15. The summed E-state index contributed by atoms with van der Waals surface area (Å²) in [5, 5.41) is 17.4. The van der Waals surface area contributed by atoms with Crippen LogP contribution in [0.25, 0.3) is 0 Å². The Morgan fingerprint density at radius 1 is 1.57 bits per heavy atom. The van der Waals surface area contributed by atoms with Gasteiger partial charge in [-0.3, -0.25) is 15.5 Å². The molecule has 0 bridgehead atoms. The Bertz CT molecular complexity index is 365. The van der Waals surface area contributed by atoms with Crippen LogP contribution in [-0.4, -0.2) is 17.4 Å². The molecule has 1 aromatic rings. The second kappa shape index (κ2) is 4.22. The van der Waals surface area contributed by atoms with Crippen molar-refractivity contribution in [1.29, 1.82) is 5.41 Å². The summed E-state index contributed by atoms with van der Waals surface area (Å²) in [6.45, 7) is -0.148. The Morgan fingerprint density at radius 2 is 2.21 bits per heavy atom. The number of nitrogens with one attached hydrogen (secondary N) is 1.